The molecule has 8 nitrogen and oxygen atoms in total. The van der Waals surface area contributed by atoms with E-state index in [4.69, 9.17) is 33.5 Å². The van der Waals surface area contributed by atoms with Crippen molar-refractivity contribution in [2.24, 2.45) is 0 Å². The van der Waals surface area contributed by atoms with Crippen LogP contribution in [0.15, 0.2) is 18.2 Å². The first kappa shape index (κ1) is 19.2. The van der Waals surface area contributed by atoms with Crippen LogP contribution in [0.25, 0.3) is 0 Å². The van der Waals surface area contributed by atoms with Gasteiger partial charge in [0.25, 0.3) is 0 Å². The molecule has 0 bridgehead atoms. The van der Waals surface area contributed by atoms with Gasteiger partial charge in [0.1, 0.15) is 17.1 Å². The van der Waals surface area contributed by atoms with Gasteiger partial charge >= 0.3 is 5.97 Å². The normalized spacial score (nSPS) is 10.5. The molecule has 0 saturated carbocycles. The Morgan fingerprint density at radius 2 is 1.57 bits per heavy atom. The van der Waals surface area contributed by atoms with E-state index < -0.39 is 5.97 Å². The summed E-state index contributed by atoms with van der Waals surface area (Å²) in [6.45, 7) is 1.59. The third-order valence-corrected chi connectivity index (χ3v) is 2.65. The van der Waals surface area contributed by atoms with Crippen molar-refractivity contribution in [3.63, 3.8) is 0 Å². The van der Waals surface area contributed by atoms with E-state index >= 15 is 0 Å². The highest BCUT2D eigenvalue weighted by Gasteiger charge is 2.13. The zero-order valence-corrected chi connectivity index (χ0v) is 13.3. The smallest absolute Gasteiger partial charge is 0.339 e. The van der Waals surface area contributed by atoms with E-state index in [1.54, 1.807) is 14.2 Å². The maximum absolute atomic E-state index is 11.2. The SMILES string of the molecule is COCCOCOc1ccc(C(=O)O)c(OCOCCOC)c1. The predicted molar refractivity (Wildman–Crippen MR) is 80.0 cm³/mol. The lowest BCUT2D eigenvalue weighted by atomic mass is 10.2. The molecular weight excluding hydrogens is 308 g/mol. The Morgan fingerprint density at radius 1 is 0.957 bits per heavy atom. The average Bonchev–Trinajstić information content (AvgIpc) is 2.54. The third-order valence-electron chi connectivity index (χ3n) is 2.65. The molecule has 0 aliphatic carbocycles. The van der Waals surface area contributed by atoms with Crippen molar-refractivity contribution in [3.05, 3.63) is 23.8 Å². The summed E-state index contributed by atoms with van der Waals surface area (Å²) >= 11 is 0. The number of aromatic carboxylic acids is 1. The summed E-state index contributed by atoms with van der Waals surface area (Å²) in [5.74, 6) is -0.511. The fourth-order valence-electron chi connectivity index (χ4n) is 1.51. The zero-order chi connectivity index (χ0) is 16.9. The van der Waals surface area contributed by atoms with Crippen molar-refractivity contribution in [2.75, 3.05) is 54.2 Å². The molecule has 1 aromatic carbocycles. The van der Waals surface area contributed by atoms with Crippen molar-refractivity contribution in [2.45, 2.75) is 0 Å². The zero-order valence-electron chi connectivity index (χ0n) is 13.3. The van der Waals surface area contributed by atoms with E-state index in [-0.39, 0.29) is 24.9 Å². The Bertz CT molecular complexity index is 463. The number of methoxy groups -OCH3 is 2. The first-order chi connectivity index (χ1) is 11.2. The summed E-state index contributed by atoms with van der Waals surface area (Å²) in [4.78, 5) is 11.2. The van der Waals surface area contributed by atoms with Gasteiger partial charge in [-0.2, -0.15) is 0 Å². The first-order valence-corrected chi connectivity index (χ1v) is 6.95. The van der Waals surface area contributed by atoms with Crippen LogP contribution >= 0.6 is 0 Å². The summed E-state index contributed by atoms with van der Waals surface area (Å²) in [6, 6.07) is 4.40. The van der Waals surface area contributed by atoms with Crippen molar-refractivity contribution in [1.29, 1.82) is 0 Å². The molecule has 0 aliphatic heterocycles. The molecule has 130 valence electrons. The van der Waals surface area contributed by atoms with Gasteiger partial charge < -0.3 is 33.5 Å². The highest BCUT2D eigenvalue weighted by Crippen LogP contribution is 2.25. The lowest BCUT2D eigenvalue weighted by Crippen LogP contribution is -2.11. The molecule has 0 radical (unpaired) electrons. The summed E-state index contributed by atoms with van der Waals surface area (Å²) in [6.07, 6.45) is 0. The number of ether oxygens (including phenoxy) is 6. The Labute approximate surface area is 134 Å². The third kappa shape index (κ3) is 7.80. The Balaban J connectivity index is 2.54. The largest absolute Gasteiger partial charge is 0.478 e. The van der Waals surface area contributed by atoms with Crippen LogP contribution in [0, 0.1) is 0 Å². The van der Waals surface area contributed by atoms with Crippen LogP contribution in [0.4, 0.5) is 0 Å². The van der Waals surface area contributed by atoms with Crippen LogP contribution in [-0.4, -0.2) is 65.3 Å². The van der Waals surface area contributed by atoms with Crippen molar-refractivity contribution < 1.29 is 38.3 Å². The fourth-order valence-corrected chi connectivity index (χ4v) is 1.51. The van der Waals surface area contributed by atoms with Crippen LogP contribution < -0.4 is 9.47 Å². The van der Waals surface area contributed by atoms with Gasteiger partial charge in [0.2, 0.25) is 0 Å². The van der Waals surface area contributed by atoms with Gasteiger partial charge in [0.15, 0.2) is 13.6 Å². The molecule has 0 saturated heterocycles. The maximum atomic E-state index is 11.2. The van der Waals surface area contributed by atoms with Gasteiger partial charge in [-0.25, -0.2) is 4.79 Å². The second-order valence-electron chi connectivity index (χ2n) is 4.29. The summed E-state index contributed by atoms with van der Waals surface area (Å²) in [5.41, 5.74) is 0.0213. The monoisotopic (exact) mass is 330 g/mol. The molecule has 0 aliphatic rings. The standard InChI is InChI=1S/C15H22O8/c1-18-5-7-20-10-22-12-3-4-13(15(16)17)14(9-12)23-11-21-8-6-19-2/h3-4,9H,5-8,10-11H2,1-2H3,(H,16,17). The fraction of sp³-hybridized carbons (Fsp3) is 0.533. The van der Waals surface area contributed by atoms with Crippen LogP contribution in [-0.2, 0) is 18.9 Å². The lowest BCUT2D eigenvalue weighted by Gasteiger charge is -2.12. The van der Waals surface area contributed by atoms with E-state index in [1.165, 1.54) is 18.2 Å². The highest BCUT2D eigenvalue weighted by atomic mass is 16.7. The summed E-state index contributed by atoms with van der Waals surface area (Å²) < 4.78 is 30.7. The van der Waals surface area contributed by atoms with Crippen LogP contribution in [0.1, 0.15) is 10.4 Å². The minimum absolute atomic E-state index is 0.0213. The molecule has 1 aromatic rings. The average molecular weight is 330 g/mol. The lowest BCUT2D eigenvalue weighted by molar-refractivity contribution is -0.0119. The predicted octanol–water partition coefficient (Wildman–Crippen LogP) is 1.38. The van der Waals surface area contributed by atoms with Crippen LogP contribution in [0.5, 0.6) is 11.5 Å². The van der Waals surface area contributed by atoms with Gasteiger partial charge in [0, 0.05) is 20.3 Å². The first-order valence-electron chi connectivity index (χ1n) is 6.95. The van der Waals surface area contributed by atoms with Crippen molar-refractivity contribution in [3.8, 4) is 11.5 Å². The summed E-state index contributed by atoms with van der Waals surface area (Å²) in [7, 11) is 3.13. The maximum Gasteiger partial charge on any atom is 0.339 e. The number of carbonyl (C=O) groups is 1. The molecular formula is C15H22O8. The molecule has 0 fully saturated rings. The number of benzene rings is 1. The molecule has 1 N–H and O–H groups in total. The Morgan fingerprint density at radius 3 is 2.13 bits per heavy atom. The van der Waals surface area contributed by atoms with E-state index in [2.05, 4.69) is 0 Å². The van der Waals surface area contributed by atoms with E-state index in [0.29, 0.717) is 32.2 Å². The minimum Gasteiger partial charge on any atom is -0.478 e. The van der Waals surface area contributed by atoms with Gasteiger partial charge in [-0.15, -0.1) is 0 Å². The molecule has 0 aromatic heterocycles. The topological polar surface area (TPSA) is 92.7 Å². The van der Waals surface area contributed by atoms with Crippen molar-refractivity contribution in [1.82, 2.24) is 0 Å². The minimum atomic E-state index is -1.10. The second-order valence-corrected chi connectivity index (χ2v) is 4.29. The van der Waals surface area contributed by atoms with Crippen LogP contribution in [0.3, 0.4) is 0 Å². The van der Waals surface area contributed by atoms with Gasteiger partial charge in [-0.05, 0) is 12.1 Å². The van der Waals surface area contributed by atoms with Gasteiger partial charge in [-0.3, -0.25) is 0 Å². The summed E-state index contributed by atoms with van der Waals surface area (Å²) in [5, 5.41) is 9.15. The highest BCUT2D eigenvalue weighted by molar-refractivity contribution is 5.91. The number of carboxylic acids is 1. The quantitative estimate of drug-likeness (QED) is 0.428. The molecule has 0 amide bonds. The van der Waals surface area contributed by atoms with Gasteiger partial charge in [0.05, 0.1) is 26.4 Å². The number of rotatable bonds is 13. The van der Waals surface area contributed by atoms with Crippen molar-refractivity contribution >= 4 is 5.97 Å². The molecule has 23 heavy (non-hydrogen) atoms. The number of carboxylic acid groups (broad SMARTS) is 1. The number of hydrogen-bond acceptors (Lipinski definition) is 7. The van der Waals surface area contributed by atoms with E-state index in [9.17, 15) is 4.79 Å². The molecule has 0 atom stereocenters. The van der Waals surface area contributed by atoms with E-state index in [0.717, 1.165) is 0 Å². The molecule has 0 unspecified atom stereocenters. The van der Waals surface area contributed by atoms with Crippen LogP contribution in [0.2, 0.25) is 0 Å². The molecule has 1 rings (SSSR count). The molecule has 0 heterocycles. The Hall–Kier alpha value is -1.87. The molecule has 0 spiro atoms. The Kier molecular flexibility index (Phi) is 9.73. The number of hydrogen-bond donors (Lipinski definition) is 1. The second kappa shape index (κ2) is 11.7. The van der Waals surface area contributed by atoms with E-state index in [1.807, 2.05) is 0 Å². The van der Waals surface area contributed by atoms with Gasteiger partial charge in [-0.1, -0.05) is 0 Å². The molecule has 8 heteroatoms.